The predicted octanol–water partition coefficient (Wildman–Crippen LogP) is 1.35. The minimum absolute atomic E-state index is 0.0929. The van der Waals surface area contributed by atoms with Gasteiger partial charge in [0, 0.05) is 32.1 Å². The second kappa shape index (κ2) is 8.77. The van der Waals surface area contributed by atoms with Crippen LogP contribution in [0.5, 0.6) is 0 Å². The fourth-order valence-electron chi connectivity index (χ4n) is 2.07. The van der Waals surface area contributed by atoms with Crippen LogP contribution in [0, 0.1) is 0 Å². The number of hydrogen-bond acceptors (Lipinski definition) is 2. The van der Waals surface area contributed by atoms with E-state index >= 15 is 0 Å². The molecule has 19 heavy (non-hydrogen) atoms. The van der Waals surface area contributed by atoms with Crippen LogP contribution in [0.3, 0.4) is 0 Å². The van der Waals surface area contributed by atoms with Crippen molar-refractivity contribution in [2.45, 2.75) is 52.5 Å². The van der Waals surface area contributed by atoms with Crippen molar-refractivity contribution in [3.63, 3.8) is 0 Å². The number of aliphatic imine (C=N–C) groups is 1. The zero-order chi connectivity index (χ0) is 14.1. The molecule has 1 fully saturated rings. The largest absolute Gasteiger partial charge is 0.357 e. The van der Waals surface area contributed by atoms with Crippen LogP contribution in [0.2, 0.25) is 0 Å². The van der Waals surface area contributed by atoms with E-state index in [2.05, 4.69) is 34.4 Å². The lowest BCUT2D eigenvalue weighted by Gasteiger charge is -2.20. The summed E-state index contributed by atoms with van der Waals surface area (Å²) in [4.78, 5) is 18.5. The fourth-order valence-corrected chi connectivity index (χ4v) is 2.07. The van der Waals surface area contributed by atoms with E-state index in [1.54, 1.807) is 0 Å². The van der Waals surface area contributed by atoms with E-state index in [9.17, 15) is 4.79 Å². The smallest absolute Gasteiger partial charge is 0.222 e. The molecule has 1 aliphatic heterocycles. The van der Waals surface area contributed by atoms with E-state index in [0.717, 1.165) is 32.0 Å². The molecule has 0 spiro atoms. The molecule has 1 saturated heterocycles. The lowest BCUT2D eigenvalue weighted by atomic mass is 10.2. The van der Waals surface area contributed by atoms with Crippen molar-refractivity contribution >= 4 is 11.9 Å². The van der Waals surface area contributed by atoms with E-state index in [1.807, 2.05) is 6.92 Å². The van der Waals surface area contributed by atoms with Gasteiger partial charge in [-0.15, -0.1) is 0 Å². The molecule has 5 nitrogen and oxygen atoms in total. The quantitative estimate of drug-likeness (QED) is 0.565. The molecule has 1 unspecified atom stereocenters. The molecular weight excluding hydrogens is 240 g/mol. The highest BCUT2D eigenvalue weighted by molar-refractivity contribution is 5.81. The first-order valence-corrected chi connectivity index (χ1v) is 7.50. The summed E-state index contributed by atoms with van der Waals surface area (Å²) < 4.78 is 0. The summed E-state index contributed by atoms with van der Waals surface area (Å²) >= 11 is 0. The molecule has 110 valence electrons. The van der Waals surface area contributed by atoms with Crippen molar-refractivity contribution in [2.75, 3.05) is 26.2 Å². The van der Waals surface area contributed by atoms with Crippen molar-refractivity contribution < 1.29 is 4.79 Å². The molecule has 1 aliphatic rings. The minimum atomic E-state index is 0.0929. The number of amides is 1. The van der Waals surface area contributed by atoms with Gasteiger partial charge in [-0.3, -0.25) is 9.79 Å². The lowest BCUT2D eigenvalue weighted by Crippen LogP contribution is -2.40. The van der Waals surface area contributed by atoms with E-state index in [4.69, 9.17) is 0 Å². The Labute approximate surface area is 116 Å². The minimum Gasteiger partial charge on any atom is -0.357 e. The molecule has 0 aromatic rings. The van der Waals surface area contributed by atoms with Gasteiger partial charge in [-0.25, -0.2) is 0 Å². The van der Waals surface area contributed by atoms with Crippen LogP contribution in [-0.2, 0) is 4.79 Å². The van der Waals surface area contributed by atoms with E-state index in [-0.39, 0.29) is 11.9 Å². The normalized spacial score (nSPS) is 17.4. The standard InChI is InChI=1S/C14H28N4O/c1-4-12(3)17-13(19)8-9-16-14(15-5-2)18-10-6-7-11-18/h12H,4-11H2,1-3H3,(H,15,16)(H,17,19). The predicted molar refractivity (Wildman–Crippen MR) is 79.3 cm³/mol. The lowest BCUT2D eigenvalue weighted by molar-refractivity contribution is -0.121. The van der Waals surface area contributed by atoms with Crippen molar-refractivity contribution in [1.29, 1.82) is 0 Å². The Morgan fingerprint density at radius 3 is 2.58 bits per heavy atom. The third kappa shape index (κ3) is 5.94. The SMILES string of the molecule is CCNC(=NCCC(=O)NC(C)CC)N1CCCC1. The zero-order valence-corrected chi connectivity index (χ0v) is 12.5. The van der Waals surface area contributed by atoms with Gasteiger partial charge in [0.05, 0.1) is 6.54 Å². The first-order chi connectivity index (χ1) is 9.17. The average molecular weight is 268 g/mol. The van der Waals surface area contributed by atoms with Gasteiger partial charge in [0.25, 0.3) is 0 Å². The fraction of sp³-hybridized carbons (Fsp3) is 0.857. The molecule has 1 amide bonds. The first-order valence-electron chi connectivity index (χ1n) is 7.50. The molecule has 0 bridgehead atoms. The number of likely N-dealkylation sites (tertiary alicyclic amines) is 1. The number of rotatable bonds is 6. The molecule has 5 heteroatoms. The van der Waals surface area contributed by atoms with E-state index in [1.165, 1.54) is 12.8 Å². The Kier molecular flexibility index (Phi) is 7.30. The average Bonchev–Trinajstić information content (AvgIpc) is 2.91. The maximum atomic E-state index is 11.7. The van der Waals surface area contributed by atoms with E-state index in [0.29, 0.717) is 13.0 Å². The van der Waals surface area contributed by atoms with Crippen LogP contribution in [0.4, 0.5) is 0 Å². The van der Waals surface area contributed by atoms with Gasteiger partial charge in [0.2, 0.25) is 5.91 Å². The van der Waals surface area contributed by atoms with Crippen LogP contribution in [0.1, 0.15) is 46.5 Å². The number of guanidine groups is 1. The highest BCUT2D eigenvalue weighted by Crippen LogP contribution is 2.07. The first kappa shape index (κ1) is 15.8. The maximum absolute atomic E-state index is 11.7. The van der Waals surface area contributed by atoms with Crippen molar-refractivity contribution in [3.8, 4) is 0 Å². The summed E-state index contributed by atoms with van der Waals surface area (Å²) in [6.45, 7) is 9.74. The number of carbonyl (C=O) groups is 1. The molecule has 2 N–H and O–H groups in total. The van der Waals surface area contributed by atoms with Gasteiger partial charge < -0.3 is 15.5 Å². The van der Waals surface area contributed by atoms with Gasteiger partial charge in [-0.1, -0.05) is 6.92 Å². The number of hydrogen-bond donors (Lipinski definition) is 2. The molecule has 1 atom stereocenters. The van der Waals surface area contributed by atoms with Gasteiger partial charge in [0.1, 0.15) is 0 Å². The molecular formula is C14H28N4O. The summed E-state index contributed by atoms with van der Waals surface area (Å²) in [5, 5.41) is 6.26. The topological polar surface area (TPSA) is 56.7 Å². The molecule has 0 aromatic heterocycles. The summed E-state index contributed by atoms with van der Waals surface area (Å²) in [5.74, 6) is 1.05. The molecule has 0 radical (unpaired) electrons. The summed E-state index contributed by atoms with van der Waals surface area (Å²) in [5.41, 5.74) is 0. The third-order valence-corrected chi connectivity index (χ3v) is 3.36. The highest BCUT2D eigenvalue weighted by Gasteiger charge is 2.15. The number of nitrogens with zero attached hydrogens (tertiary/aromatic N) is 2. The zero-order valence-electron chi connectivity index (χ0n) is 12.5. The van der Waals surface area contributed by atoms with Crippen molar-refractivity contribution in [1.82, 2.24) is 15.5 Å². The molecule has 1 rings (SSSR count). The molecule has 0 aromatic carbocycles. The second-order valence-electron chi connectivity index (χ2n) is 5.06. The van der Waals surface area contributed by atoms with Crippen molar-refractivity contribution in [2.24, 2.45) is 4.99 Å². The molecule has 1 heterocycles. The molecule has 0 aliphatic carbocycles. The van der Waals surface area contributed by atoms with Crippen LogP contribution in [0.25, 0.3) is 0 Å². The second-order valence-corrected chi connectivity index (χ2v) is 5.06. The summed E-state index contributed by atoms with van der Waals surface area (Å²) in [7, 11) is 0. The Bertz CT molecular complexity index is 298. The van der Waals surface area contributed by atoms with Crippen LogP contribution in [-0.4, -0.2) is 49.0 Å². The summed E-state index contributed by atoms with van der Waals surface area (Å²) in [6, 6.07) is 0.253. The molecule has 0 saturated carbocycles. The Balaban J connectivity index is 2.36. The van der Waals surface area contributed by atoms with Crippen molar-refractivity contribution in [3.05, 3.63) is 0 Å². The monoisotopic (exact) mass is 268 g/mol. The Hall–Kier alpha value is -1.26. The number of carbonyl (C=O) groups excluding carboxylic acids is 1. The van der Waals surface area contributed by atoms with Crippen LogP contribution < -0.4 is 10.6 Å². The van der Waals surface area contributed by atoms with Crippen LogP contribution >= 0.6 is 0 Å². The summed E-state index contributed by atoms with van der Waals surface area (Å²) in [6.07, 6.45) is 3.90. The van der Waals surface area contributed by atoms with Gasteiger partial charge in [0.15, 0.2) is 5.96 Å². The Morgan fingerprint density at radius 2 is 2.00 bits per heavy atom. The van der Waals surface area contributed by atoms with Gasteiger partial charge >= 0.3 is 0 Å². The van der Waals surface area contributed by atoms with Gasteiger partial charge in [-0.2, -0.15) is 0 Å². The van der Waals surface area contributed by atoms with Crippen LogP contribution in [0.15, 0.2) is 4.99 Å². The van der Waals surface area contributed by atoms with E-state index < -0.39 is 0 Å². The Morgan fingerprint density at radius 1 is 1.32 bits per heavy atom. The highest BCUT2D eigenvalue weighted by atomic mass is 16.1. The maximum Gasteiger partial charge on any atom is 0.222 e. The number of nitrogens with one attached hydrogen (secondary N) is 2. The van der Waals surface area contributed by atoms with Gasteiger partial charge in [-0.05, 0) is 33.1 Å². The third-order valence-electron chi connectivity index (χ3n) is 3.36.